The van der Waals surface area contributed by atoms with Gasteiger partial charge in [0.25, 0.3) is 5.56 Å². The zero-order valence-electron chi connectivity index (χ0n) is 20.2. The molecule has 0 radical (unpaired) electrons. The Morgan fingerprint density at radius 2 is 1.89 bits per heavy atom. The fourth-order valence-electron chi connectivity index (χ4n) is 3.91. The number of H-pyrrole nitrogens is 2. The van der Waals surface area contributed by atoms with Crippen LogP contribution in [0.1, 0.15) is 12.7 Å². The monoisotopic (exact) mass is 490 g/mol. The maximum Gasteiger partial charge on any atom is 0.261 e. The first kappa shape index (κ1) is 23.3. The largest absolute Gasteiger partial charge is 0.493 e. The lowest BCUT2D eigenvalue weighted by Gasteiger charge is -2.10. The average Bonchev–Trinajstić information content (AvgIpc) is 3.50. The van der Waals surface area contributed by atoms with Gasteiger partial charge < -0.3 is 29.5 Å². The van der Waals surface area contributed by atoms with Crippen molar-refractivity contribution in [1.29, 1.82) is 0 Å². The molecule has 4 aromatic heterocycles. The fourth-order valence-corrected chi connectivity index (χ4v) is 3.91. The summed E-state index contributed by atoms with van der Waals surface area (Å²) in [7, 11) is 3.17. The molecule has 0 bridgehead atoms. The van der Waals surface area contributed by atoms with Crippen LogP contribution in [0.25, 0.3) is 33.5 Å². The molecule has 186 valence electrons. The molecule has 0 aliphatic rings. The van der Waals surface area contributed by atoms with Gasteiger partial charge in [-0.1, -0.05) is 0 Å². The van der Waals surface area contributed by atoms with Crippen LogP contribution in [-0.4, -0.2) is 62.1 Å². The fraction of sp³-hybridized carbons (Fsp3) is 0.292. The highest BCUT2D eigenvalue weighted by molar-refractivity contribution is 5.96. The van der Waals surface area contributed by atoms with Crippen LogP contribution >= 0.6 is 0 Å². The summed E-state index contributed by atoms with van der Waals surface area (Å²) in [4.78, 5) is 32.7. The van der Waals surface area contributed by atoms with Crippen molar-refractivity contribution in [3.63, 3.8) is 0 Å². The standard InChI is InChI=1S/C24H26N8O4/c1-4-32-13-16-21(31-32)22(27-12-19-25-6-5-7-26-19)20(24(33)30-16)23-28-14-10-17(35-3)18(11-15(14)29-23)36-9-8-34-2/h5-7,10-11,13,27H,4,8-9,12H2,1-3H3,(H,28,29)(H,30,33). The molecule has 0 aliphatic carbocycles. The van der Waals surface area contributed by atoms with Gasteiger partial charge in [-0.2, -0.15) is 5.10 Å². The van der Waals surface area contributed by atoms with Gasteiger partial charge in [0.1, 0.15) is 29.3 Å². The Hall–Kier alpha value is -4.45. The number of fused-ring (bicyclic) bond motifs is 2. The topological polar surface area (TPSA) is 145 Å². The molecule has 0 atom stereocenters. The molecule has 3 N–H and O–H groups in total. The van der Waals surface area contributed by atoms with Crippen LogP contribution in [0, 0.1) is 0 Å². The molecule has 1 aromatic carbocycles. The first-order valence-electron chi connectivity index (χ1n) is 11.4. The van der Waals surface area contributed by atoms with E-state index in [0.29, 0.717) is 82.8 Å². The van der Waals surface area contributed by atoms with Crippen molar-refractivity contribution >= 4 is 27.8 Å². The molecule has 0 saturated carbocycles. The van der Waals surface area contributed by atoms with E-state index in [2.05, 4.69) is 30.4 Å². The predicted molar refractivity (Wildman–Crippen MR) is 134 cm³/mol. The van der Waals surface area contributed by atoms with Crippen molar-refractivity contribution in [2.45, 2.75) is 20.0 Å². The number of aromatic nitrogens is 7. The van der Waals surface area contributed by atoms with Crippen LogP contribution in [0.2, 0.25) is 0 Å². The molecular formula is C24H26N8O4. The number of hydrogen-bond donors (Lipinski definition) is 3. The second-order valence-corrected chi connectivity index (χ2v) is 7.92. The number of methoxy groups -OCH3 is 2. The summed E-state index contributed by atoms with van der Waals surface area (Å²) in [5.74, 6) is 2.04. The van der Waals surface area contributed by atoms with Gasteiger partial charge in [0.2, 0.25) is 0 Å². The summed E-state index contributed by atoms with van der Waals surface area (Å²) in [5, 5.41) is 7.98. The van der Waals surface area contributed by atoms with Crippen LogP contribution in [0.5, 0.6) is 11.5 Å². The van der Waals surface area contributed by atoms with Gasteiger partial charge in [-0.05, 0) is 13.0 Å². The summed E-state index contributed by atoms with van der Waals surface area (Å²) in [5.41, 5.74) is 3.11. The number of nitrogens with zero attached hydrogens (tertiary/aromatic N) is 5. The Kier molecular flexibility index (Phi) is 6.50. The van der Waals surface area contributed by atoms with Crippen molar-refractivity contribution in [2.75, 3.05) is 32.8 Å². The summed E-state index contributed by atoms with van der Waals surface area (Å²) in [6.45, 7) is 3.75. The molecule has 4 heterocycles. The number of imidazole rings is 1. The number of aromatic amines is 2. The second-order valence-electron chi connectivity index (χ2n) is 7.92. The lowest BCUT2D eigenvalue weighted by atomic mass is 10.2. The van der Waals surface area contributed by atoms with E-state index in [-0.39, 0.29) is 5.56 Å². The minimum absolute atomic E-state index is 0.302. The lowest BCUT2D eigenvalue weighted by molar-refractivity contribution is 0.144. The van der Waals surface area contributed by atoms with E-state index < -0.39 is 0 Å². The Morgan fingerprint density at radius 3 is 2.64 bits per heavy atom. The number of aryl methyl sites for hydroxylation is 1. The molecule has 0 unspecified atom stereocenters. The molecule has 0 fully saturated rings. The Bertz CT molecular complexity index is 1560. The van der Waals surface area contributed by atoms with Crippen LogP contribution in [-0.2, 0) is 17.8 Å². The number of anilines is 1. The summed E-state index contributed by atoms with van der Waals surface area (Å²) in [6.07, 6.45) is 5.14. The number of rotatable bonds is 10. The number of nitrogens with one attached hydrogen (secondary N) is 3. The molecule has 0 saturated heterocycles. The lowest BCUT2D eigenvalue weighted by Crippen LogP contribution is -2.15. The van der Waals surface area contributed by atoms with Crippen LogP contribution in [0.4, 0.5) is 5.69 Å². The van der Waals surface area contributed by atoms with Crippen molar-refractivity contribution < 1.29 is 14.2 Å². The van der Waals surface area contributed by atoms with Gasteiger partial charge in [0.05, 0.1) is 42.5 Å². The smallest absolute Gasteiger partial charge is 0.261 e. The van der Waals surface area contributed by atoms with Gasteiger partial charge in [-0.25, -0.2) is 15.0 Å². The van der Waals surface area contributed by atoms with E-state index in [1.54, 1.807) is 55.7 Å². The Labute approximate surface area is 205 Å². The van der Waals surface area contributed by atoms with Crippen molar-refractivity contribution in [2.24, 2.45) is 0 Å². The van der Waals surface area contributed by atoms with E-state index in [0.717, 1.165) is 0 Å². The summed E-state index contributed by atoms with van der Waals surface area (Å²) < 4.78 is 18.1. The summed E-state index contributed by atoms with van der Waals surface area (Å²) >= 11 is 0. The Balaban J connectivity index is 1.62. The number of ether oxygens (including phenoxy) is 3. The van der Waals surface area contributed by atoms with Gasteiger partial charge in [-0.3, -0.25) is 9.48 Å². The average molecular weight is 491 g/mol. The zero-order chi connectivity index (χ0) is 25.1. The van der Waals surface area contributed by atoms with E-state index in [9.17, 15) is 4.79 Å². The molecule has 0 amide bonds. The molecule has 0 spiro atoms. The highest BCUT2D eigenvalue weighted by Gasteiger charge is 2.21. The molecule has 5 rings (SSSR count). The first-order chi connectivity index (χ1) is 17.6. The highest BCUT2D eigenvalue weighted by Crippen LogP contribution is 2.35. The normalized spacial score (nSPS) is 11.3. The Morgan fingerprint density at radius 1 is 1.06 bits per heavy atom. The van der Waals surface area contributed by atoms with Crippen LogP contribution < -0.4 is 20.3 Å². The van der Waals surface area contributed by atoms with E-state index in [1.165, 1.54) is 0 Å². The number of benzene rings is 1. The zero-order valence-corrected chi connectivity index (χ0v) is 20.2. The van der Waals surface area contributed by atoms with E-state index in [1.807, 2.05) is 6.92 Å². The SMILES string of the molecule is CCn1cc2[nH]c(=O)c(-c3nc4cc(OC)c(OCCOC)cc4[nH]3)c(NCc3ncccn3)c2n1. The van der Waals surface area contributed by atoms with Gasteiger partial charge >= 0.3 is 0 Å². The third-order valence-corrected chi connectivity index (χ3v) is 5.64. The van der Waals surface area contributed by atoms with Crippen molar-refractivity contribution in [3.05, 3.63) is 53.0 Å². The van der Waals surface area contributed by atoms with Crippen LogP contribution in [0.3, 0.4) is 0 Å². The molecule has 0 aliphatic heterocycles. The van der Waals surface area contributed by atoms with E-state index in [4.69, 9.17) is 19.2 Å². The van der Waals surface area contributed by atoms with Crippen molar-refractivity contribution in [3.8, 4) is 22.9 Å². The molecular weight excluding hydrogens is 464 g/mol. The third-order valence-electron chi connectivity index (χ3n) is 5.64. The van der Waals surface area contributed by atoms with Gasteiger partial charge in [0.15, 0.2) is 11.5 Å². The summed E-state index contributed by atoms with van der Waals surface area (Å²) in [6, 6.07) is 5.31. The predicted octanol–water partition coefficient (Wildman–Crippen LogP) is 2.72. The maximum atomic E-state index is 13.3. The second kappa shape index (κ2) is 10.0. The molecule has 12 heteroatoms. The first-order valence-corrected chi connectivity index (χ1v) is 11.4. The van der Waals surface area contributed by atoms with Gasteiger partial charge in [-0.15, -0.1) is 0 Å². The van der Waals surface area contributed by atoms with Gasteiger partial charge in [0, 0.05) is 44.4 Å². The van der Waals surface area contributed by atoms with E-state index >= 15 is 0 Å². The van der Waals surface area contributed by atoms with Crippen LogP contribution in [0.15, 0.2) is 41.6 Å². The third kappa shape index (κ3) is 4.45. The minimum atomic E-state index is -0.308. The highest BCUT2D eigenvalue weighted by atomic mass is 16.5. The quantitative estimate of drug-likeness (QED) is 0.252. The molecule has 5 aromatic rings. The molecule has 12 nitrogen and oxygen atoms in total. The van der Waals surface area contributed by atoms with Crippen molar-refractivity contribution in [1.82, 2.24) is 34.7 Å². The maximum absolute atomic E-state index is 13.3. The minimum Gasteiger partial charge on any atom is -0.493 e. The molecule has 36 heavy (non-hydrogen) atoms. The number of pyridine rings is 1. The number of hydrogen-bond acceptors (Lipinski definition) is 9.